The molecule has 0 radical (unpaired) electrons. The van der Waals surface area contributed by atoms with Crippen molar-refractivity contribution in [1.82, 2.24) is 5.32 Å². The first-order valence-electron chi connectivity index (χ1n) is 4.98. The highest BCUT2D eigenvalue weighted by Crippen LogP contribution is 2.05. The Balaban J connectivity index is 2.14. The van der Waals surface area contributed by atoms with E-state index < -0.39 is 17.9 Å². The van der Waals surface area contributed by atoms with Gasteiger partial charge in [-0.15, -0.1) is 0 Å². The number of carbonyl (C=O) groups excluding carboxylic acids is 2. The molecular weight excluding hydrogens is 225 g/mol. The summed E-state index contributed by atoms with van der Waals surface area (Å²) >= 11 is 0. The zero-order valence-corrected chi connectivity index (χ0v) is 8.81. The number of nitrogens with two attached hydrogens (primary N) is 1. The first-order chi connectivity index (χ1) is 8.06. The minimum Gasteiger partial charge on any atom is -0.312 e. The number of amides is 2. The zero-order chi connectivity index (χ0) is 12.4. The van der Waals surface area contributed by atoms with Gasteiger partial charge in [0.2, 0.25) is 0 Å². The van der Waals surface area contributed by atoms with Crippen LogP contribution in [-0.4, -0.2) is 23.7 Å². The molecule has 0 saturated carbocycles. The summed E-state index contributed by atoms with van der Waals surface area (Å²) in [5.41, 5.74) is 6.02. The normalized spacial score (nSPS) is 19.9. The van der Waals surface area contributed by atoms with Crippen LogP contribution >= 0.6 is 0 Å². The molecule has 6 heteroatoms. The van der Waals surface area contributed by atoms with Crippen molar-refractivity contribution in [2.75, 3.05) is 0 Å². The number of hydrogen-bond donors (Lipinski definition) is 2. The highest BCUT2D eigenvalue weighted by atomic mass is 19.1. The Labute approximate surface area is 96.5 Å². The summed E-state index contributed by atoms with van der Waals surface area (Å²) in [7, 11) is 0. The van der Waals surface area contributed by atoms with Gasteiger partial charge in [-0.3, -0.25) is 9.59 Å². The van der Waals surface area contributed by atoms with Crippen LogP contribution in [0.1, 0.15) is 5.56 Å². The lowest BCUT2D eigenvalue weighted by Gasteiger charge is -2.16. The molecule has 0 aliphatic carbocycles. The lowest BCUT2D eigenvalue weighted by molar-refractivity contribution is -0.129. The fraction of sp³-hybridized carbons (Fsp3) is 0.182. The molecule has 1 aliphatic heterocycles. The Morgan fingerprint density at radius 3 is 2.53 bits per heavy atom. The van der Waals surface area contributed by atoms with Gasteiger partial charge in [0.05, 0.1) is 0 Å². The van der Waals surface area contributed by atoms with Crippen molar-refractivity contribution in [2.45, 2.75) is 12.5 Å². The summed E-state index contributed by atoms with van der Waals surface area (Å²) in [5, 5.41) is 2.43. The van der Waals surface area contributed by atoms with Crippen molar-refractivity contribution in [2.24, 2.45) is 10.7 Å². The third kappa shape index (κ3) is 2.54. The van der Waals surface area contributed by atoms with Gasteiger partial charge < -0.3 is 11.1 Å². The highest BCUT2D eigenvalue weighted by Gasteiger charge is 2.27. The molecule has 5 nitrogen and oxygen atoms in total. The average molecular weight is 235 g/mol. The van der Waals surface area contributed by atoms with E-state index in [-0.39, 0.29) is 18.1 Å². The van der Waals surface area contributed by atoms with E-state index in [9.17, 15) is 14.0 Å². The number of rotatable bonds is 2. The average Bonchev–Trinajstić information content (AvgIpc) is 2.29. The van der Waals surface area contributed by atoms with E-state index in [4.69, 9.17) is 5.73 Å². The third-order valence-corrected chi connectivity index (χ3v) is 2.35. The van der Waals surface area contributed by atoms with Crippen LogP contribution < -0.4 is 11.1 Å². The summed E-state index contributed by atoms with van der Waals surface area (Å²) < 4.78 is 12.7. The molecule has 1 aromatic rings. The first-order valence-corrected chi connectivity index (χ1v) is 4.98. The van der Waals surface area contributed by atoms with Gasteiger partial charge in [-0.05, 0) is 17.7 Å². The molecule has 0 bridgehead atoms. The Bertz CT molecular complexity index is 496. The number of benzene rings is 1. The third-order valence-electron chi connectivity index (χ3n) is 2.35. The van der Waals surface area contributed by atoms with Crippen LogP contribution in [0.4, 0.5) is 4.39 Å². The summed E-state index contributed by atoms with van der Waals surface area (Å²) in [5.74, 6) is -1.34. The molecule has 0 fully saturated rings. The van der Waals surface area contributed by atoms with Gasteiger partial charge in [0.1, 0.15) is 11.7 Å². The Morgan fingerprint density at radius 2 is 1.94 bits per heavy atom. The standard InChI is InChI=1S/C11H10FN3O2/c12-7-3-1-6(2-4-7)5-8-14-10(16)9(13)11(17)15-8/h1-4,9H,5,13H2,(H,14,15,16,17). The summed E-state index contributed by atoms with van der Waals surface area (Å²) in [6, 6.07) is 4.49. The Hall–Kier alpha value is -2.08. The molecule has 1 unspecified atom stereocenters. The SMILES string of the molecule is NC1C(=O)N=C(Cc2ccc(F)cc2)NC1=O. The minimum absolute atomic E-state index is 0.230. The quantitative estimate of drug-likeness (QED) is 0.693. The molecule has 1 heterocycles. The van der Waals surface area contributed by atoms with Crippen LogP contribution in [0.15, 0.2) is 29.3 Å². The van der Waals surface area contributed by atoms with Gasteiger partial charge in [0.25, 0.3) is 11.8 Å². The maximum atomic E-state index is 12.7. The van der Waals surface area contributed by atoms with Gasteiger partial charge >= 0.3 is 0 Å². The number of nitrogens with one attached hydrogen (secondary N) is 1. The second-order valence-electron chi connectivity index (χ2n) is 3.67. The molecule has 3 N–H and O–H groups in total. The Morgan fingerprint density at radius 1 is 1.29 bits per heavy atom. The monoisotopic (exact) mass is 235 g/mol. The van der Waals surface area contributed by atoms with Crippen molar-refractivity contribution < 1.29 is 14.0 Å². The molecule has 0 saturated heterocycles. The second-order valence-corrected chi connectivity index (χ2v) is 3.67. The number of hydrogen-bond acceptors (Lipinski definition) is 3. The molecule has 1 aliphatic rings. The van der Waals surface area contributed by atoms with Crippen LogP contribution in [0.2, 0.25) is 0 Å². The van der Waals surface area contributed by atoms with E-state index in [2.05, 4.69) is 10.3 Å². The largest absolute Gasteiger partial charge is 0.312 e. The van der Waals surface area contributed by atoms with Crippen molar-refractivity contribution in [3.05, 3.63) is 35.6 Å². The van der Waals surface area contributed by atoms with Gasteiger partial charge in [-0.2, -0.15) is 4.99 Å². The summed E-state index contributed by atoms with van der Waals surface area (Å²) in [4.78, 5) is 26.1. The maximum Gasteiger partial charge on any atom is 0.273 e. The van der Waals surface area contributed by atoms with Crippen LogP contribution in [0.3, 0.4) is 0 Å². The van der Waals surface area contributed by atoms with Crippen LogP contribution in [-0.2, 0) is 16.0 Å². The summed E-state index contributed by atoms with van der Waals surface area (Å²) in [6.07, 6.45) is 0.254. The number of aliphatic imine (C=N–C) groups is 1. The van der Waals surface area contributed by atoms with Crippen LogP contribution in [0, 0.1) is 5.82 Å². The van der Waals surface area contributed by atoms with Gasteiger partial charge in [0.15, 0.2) is 6.04 Å². The zero-order valence-electron chi connectivity index (χ0n) is 8.81. The van der Waals surface area contributed by atoms with E-state index in [1.807, 2.05) is 0 Å². The molecule has 0 aromatic heterocycles. The van der Waals surface area contributed by atoms with Crippen molar-refractivity contribution in [3.63, 3.8) is 0 Å². The van der Waals surface area contributed by atoms with Crippen LogP contribution in [0.5, 0.6) is 0 Å². The van der Waals surface area contributed by atoms with Gasteiger partial charge in [0, 0.05) is 6.42 Å². The van der Waals surface area contributed by atoms with E-state index >= 15 is 0 Å². The molecule has 2 amide bonds. The van der Waals surface area contributed by atoms with Crippen molar-refractivity contribution in [3.8, 4) is 0 Å². The predicted molar refractivity (Wildman–Crippen MR) is 58.7 cm³/mol. The molecular formula is C11H10FN3O2. The number of amidine groups is 1. The topological polar surface area (TPSA) is 84.6 Å². The Kier molecular flexibility index (Phi) is 2.97. The number of carbonyl (C=O) groups is 2. The molecule has 1 atom stereocenters. The van der Waals surface area contributed by atoms with Crippen molar-refractivity contribution >= 4 is 17.6 Å². The van der Waals surface area contributed by atoms with E-state index in [0.717, 1.165) is 5.56 Å². The molecule has 88 valence electrons. The summed E-state index contributed by atoms with van der Waals surface area (Å²) in [6.45, 7) is 0. The second kappa shape index (κ2) is 4.42. The lowest BCUT2D eigenvalue weighted by Crippen LogP contribution is -2.52. The van der Waals surface area contributed by atoms with E-state index in [1.165, 1.54) is 12.1 Å². The highest BCUT2D eigenvalue weighted by molar-refractivity contribution is 6.18. The number of nitrogens with zero attached hydrogens (tertiary/aromatic N) is 1. The minimum atomic E-state index is -1.23. The first kappa shape index (κ1) is 11.4. The molecule has 0 spiro atoms. The lowest BCUT2D eigenvalue weighted by atomic mass is 10.1. The van der Waals surface area contributed by atoms with Gasteiger partial charge in [-0.25, -0.2) is 4.39 Å². The smallest absolute Gasteiger partial charge is 0.273 e. The molecule has 1 aromatic carbocycles. The molecule has 17 heavy (non-hydrogen) atoms. The van der Waals surface area contributed by atoms with Crippen LogP contribution in [0.25, 0.3) is 0 Å². The van der Waals surface area contributed by atoms with Gasteiger partial charge in [-0.1, -0.05) is 12.1 Å². The van der Waals surface area contributed by atoms with E-state index in [1.54, 1.807) is 12.1 Å². The fourth-order valence-electron chi connectivity index (χ4n) is 1.44. The fourth-order valence-corrected chi connectivity index (χ4v) is 1.44. The van der Waals surface area contributed by atoms with Crippen molar-refractivity contribution in [1.29, 1.82) is 0 Å². The van der Waals surface area contributed by atoms with E-state index in [0.29, 0.717) is 0 Å². The molecule has 2 rings (SSSR count). The maximum absolute atomic E-state index is 12.7. The number of halogens is 1. The predicted octanol–water partition coefficient (Wildman–Crippen LogP) is -0.250.